The monoisotopic (exact) mass is 464 g/mol. The number of aliphatic carboxylic acids is 1. The van der Waals surface area contributed by atoms with Crippen molar-refractivity contribution in [3.05, 3.63) is 89.0 Å². The third-order valence-corrected chi connectivity index (χ3v) is 5.81. The van der Waals surface area contributed by atoms with Gasteiger partial charge in [0, 0.05) is 23.9 Å². The topological polar surface area (TPSA) is 86.7 Å². The number of halogens is 2. The van der Waals surface area contributed by atoms with Gasteiger partial charge in [-0.1, -0.05) is 38.1 Å². The van der Waals surface area contributed by atoms with Crippen LogP contribution < -0.4 is 5.32 Å². The van der Waals surface area contributed by atoms with E-state index in [9.17, 15) is 28.3 Å². The number of benzene rings is 3. The van der Waals surface area contributed by atoms with E-state index in [1.807, 2.05) is 12.1 Å². The molecule has 0 aliphatic carbocycles. The lowest BCUT2D eigenvalue weighted by molar-refractivity contribution is -0.144. The Morgan fingerprint density at radius 1 is 0.971 bits per heavy atom. The maximum Gasteiger partial charge on any atom is 0.326 e. The summed E-state index contributed by atoms with van der Waals surface area (Å²) in [7, 11) is 0. The highest BCUT2D eigenvalue weighted by Gasteiger charge is 2.38. The van der Waals surface area contributed by atoms with Gasteiger partial charge < -0.3 is 15.3 Å². The fourth-order valence-corrected chi connectivity index (χ4v) is 4.12. The fourth-order valence-electron chi connectivity index (χ4n) is 4.12. The molecule has 3 aromatic rings. The van der Waals surface area contributed by atoms with Gasteiger partial charge in [-0.15, -0.1) is 0 Å². The molecule has 0 aromatic heterocycles. The highest BCUT2D eigenvalue weighted by molar-refractivity contribution is 6.04. The lowest BCUT2D eigenvalue weighted by Crippen LogP contribution is -2.44. The van der Waals surface area contributed by atoms with Crippen LogP contribution in [0.25, 0.3) is 11.1 Å². The minimum Gasteiger partial charge on any atom is -0.480 e. The summed E-state index contributed by atoms with van der Waals surface area (Å²) in [6.07, 6.45) is 0. The summed E-state index contributed by atoms with van der Waals surface area (Å²) in [5, 5.41) is 12.1. The zero-order chi connectivity index (χ0) is 24.6. The molecule has 0 fully saturated rings. The molecule has 2 N–H and O–H groups in total. The lowest BCUT2D eigenvalue weighted by atomic mass is 10.00. The van der Waals surface area contributed by atoms with Crippen LogP contribution >= 0.6 is 0 Å². The van der Waals surface area contributed by atoms with Gasteiger partial charge in [0.05, 0.1) is 5.56 Å². The van der Waals surface area contributed by atoms with E-state index in [1.54, 1.807) is 44.2 Å². The molecule has 4 rings (SSSR count). The zero-order valence-corrected chi connectivity index (χ0v) is 18.5. The van der Waals surface area contributed by atoms with Crippen molar-refractivity contribution in [2.75, 3.05) is 5.32 Å². The van der Waals surface area contributed by atoms with Crippen LogP contribution in [0.5, 0.6) is 0 Å². The first kappa shape index (κ1) is 23.1. The zero-order valence-electron chi connectivity index (χ0n) is 18.5. The van der Waals surface area contributed by atoms with Crippen LogP contribution in [0.1, 0.15) is 40.1 Å². The maximum absolute atomic E-state index is 13.8. The predicted octanol–water partition coefficient (Wildman–Crippen LogP) is 4.95. The summed E-state index contributed by atoms with van der Waals surface area (Å²) < 4.78 is 26.9. The van der Waals surface area contributed by atoms with Crippen LogP contribution in [0.4, 0.5) is 14.5 Å². The molecule has 1 unspecified atom stereocenters. The van der Waals surface area contributed by atoms with E-state index >= 15 is 0 Å². The van der Waals surface area contributed by atoms with Gasteiger partial charge in [-0.25, -0.2) is 13.6 Å². The summed E-state index contributed by atoms with van der Waals surface area (Å²) in [6.45, 7) is 3.78. The third kappa shape index (κ3) is 4.39. The molecule has 1 heterocycles. The van der Waals surface area contributed by atoms with Gasteiger partial charge in [0.25, 0.3) is 11.8 Å². The average molecular weight is 464 g/mol. The number of amides is 2. The molecule has 8 heteroatoms. The Morgan fingerprint density at radius 2 is 1.65 bits per heavy atom. The Morgan fingerprint density at radius 3 is 2.26 bits per heavy atom. The smallest absolute Gasteiger partial charge is 0.326 e. The highest BCUT2D eigenvalue weighted by Crippen LogP contribution is 2.31. The second kappa shape index (κ2) is 9.05. The SMILES string of the molecule is CC(C)C(C(=O)O)N1Cc2ccc(-c3ccc(NC(=O)c4ccc(F)cc4F)cc3)cc2C1=O. The molecule has 0 spiro atoms. The first-order chi connectivity index (χ1) is 16.2. The van der Waals surface area contributed by atoms with Gasteiger partial charge in [0.1, 0.15) is 17.7 Å². The number of carboxylic acids is 1. The van der Waals surface area contributed by atoms with E-state index in [1.165, 1.54) is 4.90 Å². The molecule has 1 atom stereocenters. The minimum absolute atomic E-state index is 0.235. The van der Waals surface area contributed by atoms with Gasteiger partial charge in [-0.2, -0.15) is 0 Å². The number of nitrogens with zero attached hydrogens (tertiary/aromatic N) is 1. The molecule has 174 valence electrons. The Kier molecular flexibility index (Phi) is 6.15. The summed E-state index contributed by atoms with van der Waals surface area (Å²) in [4.78, 5) is 38.3. The van der Waals surface area contributed by atoms with Crippen molar-refractivity contribution in [3.8, 4) is 11.1 Å². The Labute approximate surface area is 194 Å². The Bertz CT molecular complexity index is 1290. The van der Waals surface area contributed by atoms with Gasteiger partial charge in [-0.3, -0.25) is 9.59 Å². The van der Waals surface area contributed by atoms with Crippen molar-refractivity contribution in [1.82, 2.24) is 4.90 Å². The number of rotatable bonds is 6. The first-order valence-electron chi connectivity index (χ1n) is 10.7. The van der Waals surface area contributed by atoms with E-state index in [2.05, 4.69) is 5.32 Å². The summed E-state index contributed by atoms with van der Waals surface area (Å²) in [5.74, 6) is -4.00. The van der Waals surface area contributed by atoms with E-state index in [0.29, 0.717) is 17.3 Å². The van der Waals surface area contributed by atoms with Crippen LogP contribution in [0, 0.1) is 17.6 Å². The molecular weight excluding hydrogens is 442 g/mol. The van der Waals surface area contributed by atoms with Crippen molar-refractivity contribution >= 4 is 23.5 Å². The maximum atomic E-state index is 13.8. The number of anilines is 1. The quantitative estimate of drug-likeness (QED) is 0.541. The molecule has 6 nitrogen and oxygen atoms in total. The van der Waals surface area contributed by atoms with Gasteiger partial charge >= 0.3 is 5.97 Å². The second-order valence-corrected chi connectivity index (χ2v) is 8.49. The molecule has 2 amide bonds. The normalized spacial score (nSPS) is 13.7. The standard InChI is InChI=1S/C26H22F2N2O4/c1-14(2)23(26(33)34)30-13-17-4-3-16(11-21(17)25(30)32)15-5-8-19(9-6-15)29-24(31)20-10-7-18(27)12-22(20)28/h3-12,14,23H,13H2,1-2H3,(H,29,31)(H,33,34). The second-order valence-electron chi connectivity index (χ2n) is 8.49. The van der Waals surface area contributed by atoms with Crippen molar-refractivity contribution < 1.29 is 28.3 Å². The molecule has 0 saturated heterocycles. The number of nitrogens with one attached hydrogen (secondary N) is 1. The summed E-state index contributed by atoms with van der Waals surface area (Å²) >= 11 is 0. The summed E-state index contributed by atoms with van der Waals surface area (Å²) in [6, 6.07) is 14.0. The molecular formula is C26H22F2N2O4. The van der Waals surface area contributed by atoms with Gasteiger partial charge in [0.15, 0.2) is 0 Å². The Hall–Kier alpha value is -4.07. The number of carbonyl (C=O) groups excluding carboxylic acids is 2. The lowest BCUT2D eigenvalue weighted by Gasteiger charge is -2.27. The third-order valence-electron chi connectivity index (χ3n) is 5.81. The number of hydrogen-bond acceptors (Lipinski definition) is 3. The van der Waals surface area contributed by atoms with Crippen molar-refractivity contribution in [2.45, 2.75) is 26.4 Å². The largest absolute Gasteiger partial charge is 0.480 e. The van der Waals surface area contributed by atoms with E-state index in [-0.39, 0.29) is 23.9 Å². The molecule has 1 aliphatic rings. The molecule has 34 heavy (non-hydrogen) atoms. The number of fused-ring (bicyclic) bond motifs is 1. The Balaban J connectivity index is 1.52. The van der Waals surface area contributed by atoms with E-state index in [0.717, 1.165) is 28.8 Å². The van der Waals surface area contributed by atoms with Gasteiger partial charge in [0.2, 0.25) is 0 Å². The van der Waals surface area contributed by atoms with Crippen molar-refractivity contribution in [2.24, 2.45) is 5.92 Å². The van der Waals surface area contributed by atoms with E-state index < -0.39 is 29.6 Å². The van der Waals surface area contributed by atoms with Crippen LogP contribution in [0.15, 0.2) is 60.7 Å². The number of carboxylic acid groups (broad SMARTS) is 1. The van der Waals surface area contributed by atoms with Crippen LogP contribution in [0.2, 0.25) is 0 Å². The number of carbonyl (C=O) groups is 3. The highest BCUT2D eigenvalue weighted by atomic mass is 19.1. The van der Waals surface area contributed by atoms with E-state index in [4.69, 9.17) is 0 Å². The predicted molar refractivity (Wildman–Crippen MR) is 122 cm³/mol. The molecule has 1 aliphatic heterocycles. The average Bonchev–Trinajstić information content (AvgIpc) is 3.09. The molecule has 0 bridgehead atoms. The number of hydrogen-bond donors (Lipinski definition) is 2. The molecule has 0 radical (unpaired) electrons. The van der Waals surface area contributed by atoms with Gasteiger partial charge in [-0.05, 0) is 52.9 Å². The summed E-state index contributed by atoms with van der Waals surface area (Å²) in [5.41, 5.74) is 2.92. The van der Waals surface area contributed by atoms with Crippen LogP contribution in [-0.2, 0) is 11.3 Å². The minimum atomic E-state index is -1.03. The van der Waals surface area contributed by atoms with Crippen molar-refractivity contribution in [3.63, 3.8) is 0 Å². The molecule has 3 aromatic carbocycles. The van der Waals surface area contributed by atoms with Crippen molar-refractivity contribution in [1.29, 1.82) is 0 Å². The first-order valence-corrected chi connectivity index (χ1v) is 10.7. The molecule has 0 saturated carbocycles. The fraction of sp³-hybridized carbons (Fsp3) is 0.192. The van der Waals surface area contributed by atoms with Crippen LogP contribution in [0.3, 0.4) is 0 Å². The van der Waals surface area contributed by atoms with Crippen LogP contribution in [-0.4, -0.2) is 33.8 Å².